The van der Waals surface area contributed by atoms with Crippen molar-refractivity contribution in [3.8, 4) is 0 Å². The molecule has 0 bridgehead atoms. The fourth-order valence-corrected chi connectivity index (χ4v) is 1.79. The third kappa shape index (κ3) is 1.19. The monoisotopic (exact) mass is 180 g/mol. The molecule has 0 N–H and O–H groups in total. The van der Waals surface area contributed by atoms with Crippen molar-refractivity contribution in [2.45, 2.75) is 6.61 Å². The van der Waals surface area contributed by atoms with Gasteiger partial charge in [0.2, 0.25) is 0 Å². The molecule has 4 heteroatoms. The Morgan fingerprint density at radius 3 is 3.25 bits per heavy atom. The van der Waals surface area contributed by atoms with Crippen LogP contribution in [-0.2, 0) is 11.3 Å². The number of fused-ring (bicyclic) bond motifs is 1. The second-order valence-corrected chi connectivity index (χ2v) is 3.23. The maximum absolute atomic E-state index is 5.06. The Morgan fingerprint density at radius 2 is 2.42 bits per heavy atom. The molecule has 2 rings (SSSR count). The molecule has 0 saturated heterocycles. The van der Waals surface area contributed by atoms with Gasteiger partial charge < -0.3 is 4.74 Å². The van der Waals surface area contributed by atoms with Gasteiger partial charge in [0.25, 0.3) is 0 Å². The van der Waals surface area contributed by atoms with Gasteiger partial charge in [0, 0.05) is 7.11 Å². The first-order chi connectivity index (χ1) is 5.92. The Balaban J connectivity index is 2.57. The predicted octanol–water partition coefficient (Wildman–Crippen LogP) is 1.84. The van der Waals surface area contributed by atoms with Crippen LogP contribution in [0.5, 0.6) is 0 Å². The van der Waals surface area contributed by atoms with Gasteiger partial charge in [-0.05, 0) is 23.2 Å². The standard InChI is InChI=1S/C8H8N2OS/c1-11-5-6-3-2-4-7-8(6)12-10-9-7/h2-4H,5H2,1H3. The summed E-state index contributed by atoms with van der Waals surface area (Å²) >= 11 is 1.41. The Morgan fingerprint density at radius 1 is 1.50 bits per heavy atom. The minimum Gasteiger partial charge on any atom is -0.380 e. The van der Waals surface area contributed by atoms with E-state index in [0.29, 0.717) is 6.61 Å². The van der Waals surface area contributed by atoms with Crippen molar-refractivity contribution in [3.05, 3.63) is 23.8 Å². The first kappa shape index (κ1) is 7.64. The maximum atomic E-state index is 5.06. The van der Waals surface area contributed by atoms with Crippen LogP contribution in [0.3, 0.4) is 0 Å². The molecule has 0 fully saturated rings. The molecule has 0 atom stereocenters. The van der Waals surface area contributed by atoms with E-state index >= 15 is 0 Å². The highest BCUT2D eigenvalue weighted by Crippen LogP contribution is 2.20. The molecule has 62 valence electrons. The number of hydrogen-bond donors (Lipinski definition) is 0. The zero-order valence-corrected chi connectivity index (χ0v) is 7.47. The summed E-state index contributed by atoms with van der Waals surface area (Å²) in [6.45, 7) is 0.626. The molecule has 0 radical (unpaired) electrons. The zero-order valence-electron chi connectivity index (χ0n) is 6.65. The number of aromatic nitrogens is 2. The highest BCUT2D eigenvalue weighted by molar-refractivity contribution is 7.13. The molecule has 1 aromatic heterocycles. The van der Waals surface area contributed by atoms with Crippen LogP contribution in [0.2, 0.25) is 0 Å². The van der Waals surface area contributed by atoms with Gasteiger partial charge in [0.05, 0.1) is 11.3 Å². The molecule has 0 amide bonds. The highest BCUT2D eigenvalue weighted by Gasteiger charge is 2.02. The maximum Gasteiger partial charge on any atom is 0.106 e. The minimum atomic E-state index is 0.626. The van der Waals surface area contributed by atoms with Crippen LogP contribution < -0.4 is 0 Å². The van der Waals surface area contributed by atoms with Gasteiger partial charge in [-0.15, -0.1) is 5.10 Å². The number of ether oxygens (including phenoxy) is 1. The van der Waals surface area contributed by atoms with E-state index in [2.05, 4.69) is 9.59 Å². The molecule has 1 aromatic carbocycles. The number of hydrogen-bond acceptors (Lipinski definition) is 4. The van der Waals surface area contributed by atoms with Crippen molar-refractivity contribution in [3.63, 3.8) is 0 Å². The summed E-state index contributed by atoms with van der Waals surface area (Å²) in [5.41, 5.74) is 2.11. The normalized spacial score (nSPS) is 10.8. The lowest BCUT2D eigenvalue weighted by atomic mass is 10.2. The molecule has 3 nitrogen and oxygen atoms in total. The van der Waals surface area contributed by atoms with E-state index in [1.54, 1.807) is 7.11 Å². The predicted molar refractivity (Wildman–Crippen MR) is 48.1 cm³/mol. The summed E-state index contributed by atoms with van der Waals surface area (Å²) in [5.74, 6) is 0. The van der Waals surface area contributed by atoms with Crippen molar-refractivity contribution >= 4 is 21.7 Å². The number of nitrogens with zero attached hydrogens (tertiary/aromatic N) is 2. The molecule has 2 aromatic rings. The second kappa shape index (κ2) is 3.16. The average Bonchev–Trinajstić information content (AvgIpc) is 2.53. The Labute approximate surface area is 74.1 Å². The molecule has 0 aliphatic heterocycles. The third-order valence-corrected chi connectivity index (χ3v) is 2.47. The molecule has 0 aliphatic carbocycles. The van der Waals surface area contributed by atoms with Crippen molar-refractivity contribution in [1.29, 1.82) is 0 Å². The molecule has 0 aliphatic rings. The fraction of sp³-hybridized carbons (Fsp3) is 0.250. The number of rotatable bonds is 2. The molecular formula is C8H8N2OS. The molecule has 12 heavy (non-hydrogen) atoms. The molecule has 1 heterocycles. The van der Waals surface area contributed by atoms with Crippen molar-refractivity contribution in [2.75, 3.05) is 7.11 Å². The molecule has 0 saturated carbocycles. The van der Waals surface area contributed by atoms with Crippen LogP contribution in [-0.4, -0.2) is 16.7 Å². The summed E-state index contributed by atoms with van der Waals surface area (Å²) in [7, 11) is 1.69. The van der Waals surface area contributed by atoms with Gasteiger partial charge in [0.15, 0.2) is 0 Å². The van der Waals surface area contributed by atoms with E-state index in [0.717, 1.165) is 15.8 Å². The van der Waals surface area contributed by atoms with E-state index in [9.17, 15) is 0 Å². The van der Waals surface area contributed by atoms with E-state index in [-0.39, 0.29) is 0 Å². The lowest BCUT2D eigenvalue weighted by molar-refractivity contribution is 0.186. The van der Waals surface area contributed by atoms with E-state index in [1.807, 2.05) is 18.2 Å². The van der Waals surface area contributed by atoms with Crippen LogP contribution in [0.4, 0.5) is 0 Å². The topological polar surface area (TPSA) is 35.0 Å². The van der Waals surface area contributed by atoms with Crippen LogP contribution in [0.1, 0.15) is 5.56 Å². The van der Waals surface area contributed by atoms with Crippen LogP contribution in [0.25, 0.3) is 10.2 Å². The van der Waals surface area contributed by atoms with E-state index in [4.69, 9.17) is 4.74 Å². The molecule has 0 spiro atoms. The first-order valence-corrected chi connectivity index (χ1v) is 4.38. The summed E-state index contributed by atoms with van der Waals surface area (Å²) in [6, 6.07) is 5.96. The summed E-state index contributed by atoms with van der Waals surface area (Å²) in [5, 5.41) is 3.97. The Bertz CT molecular complexity index is 385. The highest BCUT2D eigenvalue weighted by atomic mass is 32.1. The third-order valence-electron chi connectivity index (χ3n) is 1.66. The van der Waals surface area contributed by atoms with Gasteiger partial charge >= 0.3 is 0 Å². The van der Waals surface area contributed by atoms with Crippen molar-refractivity contribution in [2.24, 2.45) is 0 Å². The van der Waals surface area contributed by atoms with Crippen molar-refractivity contribution < 1.29 is 4.74 Å². The van der Waals surface area contributed by atoms with E-state index in [1.165, 1.54) is 11.5 Å². The summed E-state index contributed by atoms with van der Waals surface area (Å²) in [6.07, 6.45) is 0. The van der Waals surface area contributed by atoms with Crippen molar-refractivity contribution in [1.82, 2.24) is 9.59 Å². The van der Waals surface area contributed by atoms with Crippen LogP contribution in [0.15, 0.2) is 18.2 Å². The SMILES string of the molecule is COCc1cccc2nnsc12. The lowest BCUT2D eigenvalue weighted by Crippen LogP contribution is -1.86. The second-order valence-electron chi connectivity index (χ2n) is 2.47. The minimum absolute atomic E-state index is 0.626. The van der Waals surface area contributed by atoms with Gasteiger partial charge in [-0.1, -0.05) is 16.6 Å². The van der Waals surface area contributed by atoms with Gasteiger partial charge in [-0.3, -0.25) is 0 Å². The Kier molecular flexibility index (Phi) is 2.01. The van der Waals surface area contributed by atoms with Gasteiger partial charge in [-0.25, -0.2) is 0 Å². The first-order valence-electron chi connectivity index (χ1n) is 3.60. The lowest BCUT2D eigenvalue weighted by Gasteiger charge is -1.98. The van der Waals surface area contributed by atoms with Gasteiger partial charge in [-0.2, -0.15) is 0 Å². The summed E-state index contributed by atoms with van der Waals surface area (Å²) < 4.78 is 10.1. The fourth-order valence-electron chi connectivity index (χ4n) is 1.13. The average molecular weight is 180 g/mol. The van der Waals surface area contributed by atoms with Gasteiger partial charge in [0.1, 0.15) is 5.52 Å². The molecular weight excluding hydrogens is 172 g/mol. The largest absolute Gasteiger partial charge is 0.380 e. The smallest absolute Gasteiger partial charge is 0.106 e. The van der Waals surface area contributed by atoms with Crippen LogP contribution >= 0.6 is 11.5 Å². The van der Waals surface area contributed by atoms with Crippen LogP contribution in [0, 0.1) is 0 Å². The quantitative estimate of drug-likeness (QED) is 0.707. The number of benzene rings is 1. The Hall–Kier alpha value is -1.00. The summed E-state index contributed by atoms with van der Waals surface area (Å²) in [4.78, 5) is 0. The van der Waals surface area contributed by atoms with E-state index < -0.39 is 0 Å². The zero-order chi connectivity index (χ0) is 8.39. The molecule has 0 unspecified atom stereocenters. The number of methoxy groups -OCH3 is 1.